The summed E-state index contributed by atoms with van der Waals surface area (Å²) in [6.07, 6.45) is 10.4. The molecular weight excluding hydrogens is 381 g/mol. The Labute approximate surface area is 175 Å². The predicted octanol–water partition coefficient (Wildman–Crippen LogP) is 4.51. The number of aromatic nitrogens is 4. The van der Waals surface area contributed by atoms with Crippen molar-refractivity contribution >= 4 is 28.7 Å². The summed E-state index contributed by atoms with van der Waals surface area (Å²) in [7, 11) is 0. The van der Waals surface area contributed by atoms with Crippen molar-refractivity contribution in [3.8, 4) is 0 Å². The van der Waals surface area contributed by atoms with Gasteiger partial charge in [-0.2, -0.15) is 4.98 Å². The molecule has 2 aliphatic rings. The van der Waals surface area contributed by atoms with Crippen LogP contribution in [0.15, 0.2) is 30.5 Å². The van der Waals surface area contributed by atoms with Crippen LogP contribution in [0.3, 0.4) is 0 Å². The number of hydrogen-bond acceptors (Lipinski definition) is 6. The second kappa shape index (κ2) is 8.18. The molecular formula is C22H28FN7. The number of rotatable bonds is 5. The Bertz CT molecular complexity index is 1020. The third-order valence-electron chi connectivity index (χ3n) is 6.35. The molecule has 8 heteroatoms. The van der Waals surface area contributed by atoms with Gasteiger partial charge in [0, 0.05) is 18.1 Å². The highest BCUT2D eigenvalue weighted by atomic mass is 19.1. The minimum Gasteiger partial charge on any atom is -0.351 e. The Morgan fingerprint density at radius 3 is 2.53 bits per heavy atom. The SMILES string of the molecule is NC1CCC(Nc2ncc3nc(Nc4ccccc4F)n(C4CCCC4)c3n2)CC1. The zero-order valence-corrected chi connectivity index (χ0v) is 17.0. The summed E-state index contributed by atoms with van der Waals surface area (Å²) in [5.41, 5.74) is 7.96. The molecule has 158 valence electrons. The highest BCUT2D eigenvalue weighted by Gasteiger charge is 2.25. The number of hydrogen-bond donors (Lipinski definition) is 3. The highest BCUT2D eigenvalue weighted by Crippen LogP contribution is 2.36. The second-order valence-corrected chi connectivity index (χ2v) is 8.51. The maximum absolute atomic E-state index is 14.2. The molecule has 0 saturated heterocycles. The van der Waals surface area contributed by atoms with Crippen LogP contribution < -0.4 is 16.4 Å². The van der Waals surface area contributed by atoms with Crippen LogP contribution in [0.1, 0.15) is 57.4 Å². The molecule has 0 spiro atoms. The van der Waals surface area contributed by atoms with Gasteiger partial charge >= 0.3 is 0 Å². The molecule has 2 heterocycles. The lowest BCUT2D eigenvalue weighted by molar-refractivity contribution is 0.410. The number of imidazole rings is 1. The lowest BCUT2D eigenvalue weighted by Crippen LogP contribution is -2.33. The van der Waals surface area contributed by atoms with Gasteiger partial charge in [-0.15, -0.1) is 0 Å². The number of anilines is 3. The number of nitrogens with one attached hydrogen (secondary N) is 2. The van der Waals surface area contributed by atoms with Crippen LogP contribution >= 0.6 is 0 Å². The highest BCUT2D eigenvalue weighted by molar-refractivity contribution is 5.76. The van der Waals surface area contributed by atoms with Gasteiger partial charge in [-0.25, -0.2) is 14.4 Å². The summed E-state index contributed by atoms with van der Waals surface area (Å²) in [6, 6.07) is 7.62. The third kappa shape index (κ3) is 3.84. The number of nitrogens with two attached hydrogens (primary N) is 1. The molecule has 1 aromatic carbocycles. The molecule has 5 rings (SSSR count). The van der Waals surface area contributed by atoms with Gasteiger partial charge in [0.15, 0.2) is 5.65 Å². The van der Waals surface area contributed by atoms with E-state index in [9.17, 15) is 4.39 Å². The van der Waals surface area contributed by atoms with Gasteiger partial charge in [-0.3, -0.25) is 4.57 Å². The Hall–Kier alpha value is -2.74. The van der Waals surface area contributed by atoms with Crippen molar-refractivity contribution in [3.63, 3.8) is 0 Å². The van der Waals surface area contributed by atoms with E-state index in [1.54, 1.807) is 18.3 Å². The molecule has 0 radical (unpaired) electrons. The van der Waals surface area contributed by atoms with E-state index in [0.717, 1.165) is 49.7 Å². The molecule has 2 aliphatic carbocycles. The van der Waals surface area contributed by atoms with Crippen LogP contribution in [-0.2, 0) is 0 Å². The van der Waals surface area contributed by atoms with E-state index < -0.39 is 0 Å². The van der Waals surface area contributed by atoms with Crippen molar-refractivity contribution in [1.82, 2.24) is 19.5 Å². The van der Waals surface area contributed by atoms with Crippen molar-refractivity contribution in [1.29, 1.82) is 0 Å². The van der Waals surface area contributed by atoms with E-state index in [-0.39, 0.29) is 5.82 Å². The van der Waals surface area contributed by atoms with Crippen molar-refractivity contribution in [3.05, 3.63) is 36.3 Å². The Balaban J connectivity index is 1.49. The maximum atomic E-state index is 14.2. The molecule has 7 nitrogen and oxygen atoms in total. The zero-order valence-electron chi connectivity index (χ0n) is 17.0. The predicted molar refractivity (Wildman–Crippen MR) is 116 cm³/mol. The average Bonchev–Trinajstić information content (AvgIpc) is 3.38. The molecule has 3 aromatic rings. The zero-order chi connectivity index (χ0) is 20.5. The molecule has 2 fully saturated rings. The van der Waals surface area contributed by atoms with Crippen LogP contribution in [0.4, 0.5) is 22.0 Å². The fourth-order valence-corrected chi connectivity index (χ4v) is 4.69. The fourth-order valence-electron chi connectivity index (χ4n) is 4.69. The first-order valence-electron chi connectivity index (χ1n) is 11.0. The standard InChI is InChI=1S/C22H28FN7/c23-17-7-3-4-8-18(17)27-22-28-19-13-25-21(26-15-11-9-14(24)10-12-15)29-20(19)30(22)16-5-1-2-6-16/h3-4,7-8,13-16H,1-2,5-6,9-12,24H2,(H,27,28)(H,25,26,29). The molecule has 2 saturated carbocycles. The Morgan fingerprint density at radius 2 is 1.77 bits per heavy atom. The molecule has 30 heavy (non-hydrogen) atoms. The van der Waals surface area contributed by atoms with E-state index in [4.69, 9.17) is 15.7 Å². The Kier molecular flexibility index (Phi) is 5.25. The van der Waals surface area contributed by atoms with E-state index in [1.165, 1.54) is 18.9 Å². The summed E-state index contributed by atoms with van der Waals surface area (Å²) < 4.78 is 16.4. The number of para-hydroxylation sites is 1. The average molecular weight is 410 g/mol. The first-order valence-corrected chi connectivity index (χ1v) is 11.0. The summed E-state index contributed by atoms with van der Waals surface area (Å²) in [5, 5.41) is 6.67. The summed E-state index contributed by atoms with van der Waals surface area (Å²) in [5.74, 6) is 0.947. The van der Waals surface area contributed by atoms with Gasteiger partial charge in [0.05, 0.1) is 11.9 Å². The van der Waals surface area contributed by atoms with Crippen molar-refractivity contribution in [2.45, 2.75) is 69.5 Å². The van der Waals surface area contributed by atoms with E-state index in [1.807, 2.05) is 6.07 Å². The van der Waals surface area contributed by atoms with Crippen LogP contribution in [-0.4, -0.2) is 31.6 Å². The number of benzene rings is 1. The van der Waals surface area contributed by atoms with Crippen LogP contribution in [0.2, 0.25) is 0 Å². The molecule has 0 unspecified atom stereocenters. The third-order valence-corrected chi connectivity index (χ3v) is 6.35. The first kappa shape index (κ1) is 19.2. The molecule has 4 N–H and O–H groups in total. The number of nitrogens with zero attached hydrogens (tertiary/aromatic N) is 4. The van der Waals surface area contributed by atoms with E-state index in [0.29, 0.717) is 35.7 Å². The summed E-state index contributed by atoms with van der Waals surface area (Å²) >= 11 is 0. The Morgan fingerprint density at radius 1 is 1.00 bits per heavy atom. The molecule has 0 amide bonds. The lowest BCUT2D eigenvalue weighted by atomic mass is 9.92. The van der Waals surface area contributed by atoms with Crippen LogP contribution in [0.25, 0.3) is 11.2 Å². The molecule has 0 bridgehead atoms. The minimum absolute atomic E-state index is 0.300. The monoisotopic (exact) mass is 409 g/mol. The fraction of sp³-hybridized carbons (Fsp3) is 0.500. The van der Waals surface area contributed by atoms with Gasteiger partial charge in [-0.05, 0) is 50.7 Å². The first-order chi connectivity index (χ1) is 14.7. The van der Waals surface area contributed by atoms with E-state index >= 15 is 0 Å². The van der Waals surface area contributed by atoms with Crippen molar-refractivity contribution in [2.75, 3.05) is 10.6 Å². The van der Waals surface area contributed by atoms with E-state index in [2.05, 4.69) is 20.2 Å². The summed E-state index contributed by atoms with van der Waals surface area (Å²) in [4.78, 5) is 14.0. The quantitative estimate of drug-likeness (QED) is 0.574. The van der Waals surface area contributed by atoms with Gasteiger partial charge in [0.25, 0.3) is 0 Å². The molecule has 0 aliphatic heterocycles. The summed E-state index contributed by atoms with van der Waals surface area (Å²) in [6.45, 7) is 0. The van der Waals surface area contributed by atoms with Crippen LogP contribution in [0, 0.1) is 5.82 Å². The maximum Gasteiger partial charge on any atom is 0.224 e. The van der Waals surface area contributed by atoms with Gasteiger partial charge < -0.3 is 16.4 Å². The lowest BCUT2D eigenvalue weighted by Gasteiger charge is -2.26. The minimum atomic E-state index is -0.300. The van der Waals surface area contributed by atoms with Gasteiger partial charge in [-0.1, -0.05) is 25.0 Å². The largest absolute Gasteiger partial charge is 0.351 e. The van der Waals surface area contributed by atoms with Crippen molar-refractivity contribution < 1.29 is 4.39 Å². The van der Waals surface area contributed by atoms with Crippen LogP contribution in [0.5, 0.6) is 0 Å². The topological polar surface area (TPSA) is 93.7 Å². The second-order valence-electron chi connectivity index (χ2n) is 8.51. The molecule has 0 atom stereocenters. The number of halogens is 1. The number of fused-ring (bicyclic) bond motifs is 1. The van der Waals surface area contributed by atoms with Gasteiger partial charge in [0.2, 0.25) is 11.9 Å². The van der Waals surface area contributed by atoms with Crippen molar-refractivity contribution in [2.24, 2.45) is 5.73 Å². The van der Waals surface area contributed by atoms with Gasteiger partial charge in [0.1, 0.15) is 11.3 Å². The normalized spacial score (nSPS) is 22.5. The smallest absolute Gasteiger partial charge is 0.224 e. The molecule has 2 aromatic heterocycles.